The van der Waals surface area contributed by atoms with Gasteiger partial charge < -0.3 is 5.73 Å². The van der Waals surface area contributed by atoms with Crippen LogP contribution in [0.4, 0.5) is 0 Å². The molecule has 0 aromatic heterocycles. The lowest BCUT2D eigenvalue weighted by molar-refractivity contribution is -0.115. The van der Waals surface area contributed by atoms with E-state index in [1.54, 1.807) is 0 Å². The van der Waals surface area contributed by atoms with Crippen molar-refractivity contribution in [1.29, 1.82) is 0 Å². The standard InChI is InChI=1S/C3H2N4O2/c4-2(8)1-3(9)6-7-5-1/h(H2,4,8). The van der Waals surface area contributed by atoms with Crippen molar-refractivity contribution in [1.82, 2.24) is 0 Å². The molecule has 1 aliphatic heterocycles. The Morgan fingerprint density at radius 1 is 1.56 bits per heavy atom. The van der Waals surface area contributed by atoms with Gasteiger partial charge in [0.05, 0.1) is 0 Å². The molecule has 0 aromatic carbocycles. The van der Waals surface area contributed by atoms with Crippen LogP contribution in [0.25, 0.3) is 0 Å². The number of rotatable bonds is 1. The topological polar surface area (TPSA) is 97.2 Å². The lowest BCUT2D eigenvalue weighted by atomic mass is 10.3. The third kappa shape index (κ3) is 0.809. The second-order valence-corrected chi connectivity index (χ2v) is 1.31. The molecule has 1 heterocycles. The molecule has 2 N–H and O–H groups in total. The quantitative estimate of drug-likeness (QED) is 0.478. The molecule has 0 saturated heterocycles. The summed E-state index contributed by atoms with van der Waals surface area (Å²) in [5.74, 6) is -1.67. The maximum atomic E-state index is 10.3. The molecule has 6 nitrogen and oxygen atoms in total. The lowest BCUT2D eigenvalue weighted by Gasteiger charge is -1.82. The molecule has 0 saturated carbocycles. The number of amides is 2. The average Bonchev–Trinajstić information content (AvgIpc) is 2.13. The van der Waals surface area contributed by atoms with E-state index in [0.717, 1.165) is 0 Å². The molecule has 0 radical (unpaired) electrons. The highest BCUT2D eigenvalue weighted by molar-refractivity contribution is 6.65. The zero-order chi connectivity index (χ0) is 6.85. The van der Waals surface area contributed by atoms with Crippen molar-refractivity contribution < 1.29 is 9.59 Å². The number of hydrogen-bond acceptors (Lipinski definition) is 4. The van der Waals surface area contributed by atoms with Crippen molar-refractivity contribution in [2.45, 2.75) is 0 Å². The molecule has 0 unspecified atom stereocenters. The van der Waals surface area contributed by atoms with Gasteiger partial charge in [0.1, 0.15) is 0 Å². The third-order valence-corrected chi connectivity index (χ3v) is 0.716. The van der Waals surface area contributed by atoms with Gasteiger partial charge >= 0.3 is 5.91 Å². The van der Waals surface area contributed by atoms with Crippen molar-refractivity contribution in [3.63, 3.8) is 0 Å². The van der Waals surface area contributed by atoms with Crippen molar-refractivity contribution in [2.75, 3.05) is 0 Å². The first-order valence-corrected chi connectivity index (χ1v) is 2.04. The SMILES string of the molecule is NC(=O)C1=NN=NC1=O. The van der Waals surface area contributed by atoms with Gasteiger partial charge in [-0.25, -0.2) is 0 Å². The highest BCUT2D eigenvalue weighted by atomic mass is 16.2. The summed E-state index contributed by atoms with van der Waals surface area (Å²) in [6.07, 6.45) is 0. The van der Waals surface area contributed by atoms with Crippen LogP contribution >= 0.6 is 0 Å². The summed E-state index contributed by atoms with van der Waals surface area (Å²) in [5.41, 5.74) is 4.27. The van der Waals surface area contributed by atoms with Crippen LogP contribution in [0.3, 0.4) is 0 Å². The molecule has 0 spiro atoms. The Labute approximate surface area is 49.4 Å². The summed E-state index contributed by atoms with van der Waals surface area (Å²) in [4.78, 5) is 20.5. The smallest absolute Gasteiger partial charge is 0.323 e. The number of primary amides is 1. The van der Waals surface area contributed by atoms with Crippen LogP contribution in [0.1, 0.15) is 0 Å². The van der Waals surface area contributed by atoms with Gasteiger partial charge in [-0.1, -0.05) is 5.11 Å². The molecule has 1 rings (SSSR count). The summed E-state index contributed by atoms with van der Waals surface area (Å²) in [7, 11) is 0. The fraction of sp³-hybridized carbons (Fsp3) is 0. The van der Waals surface area contributed by atoms with Gasteiger partial charge in [0, 0.05) is 0 Å². The fourth-order valence-corrected chi connectivity index (χ4v) is 0.353. The molecular formula is C3H2N4O2. The minimum atomic E-state index is -0.898. The second-order valence-electron chi connectivity index (χ2n) is 1.31. The van der Waals surface area contributed by atoms with Crippen LogP contribution in [-0.4, -0.2) is 17.5 Å². The van der Waals surface area contributed by atoms with E-state index in [9.17, 15) is 9.59 Å². The molecule has 9 heavy (non-hydrogen) atoms. The first-order chi connectivity index (χ1) is 4.22. The number of nitrogens with zero attached hydrogens (tertiary/aromatic N) is 3. The zero-order valence-electron chi connectivity index (χ0n) is 4.24. The van der Waals surface area contributed by atoms with Crippen LogP contribution in [0.15, 0.2) is 15.4 Å². The van der Waals surface area contributed by atoms with Gasteiger partial charge in [-0.2, -0.15) is 0 Å². The van der Waals surface area contributed by atoms with Gasteiger partial charge in [0.25, 0.3) is 5.91 Å². The summed E-state index contributed by atoms with van der Waals surface area (Å²) >= 11 is 0. The normalized spacial score (nSPS) is 16.0. The Bertz CT molecular complexity index is 228. The molecule has 1 aliphatic rings. The molecule has 2 amide bonds. The van der Waals surface area contributed by atoms with Crippen molar-refractivity contribution >= 4 is 17.5 Å². The third-order valence-electron chi connectivity index (χ3n) is 0.716. The van der Waals surface area contributed by atoms with E-state index >= 15 is 0 Å². The van der Waals surface area contributed by atoms with E-state index in [4.69, 9.17) is 0 Å². The van der Waals surface area contributed by atoms with Gasteiger partial charge in [-0.15, -0.1) is 5.10 Å². The summed E-state index contributed by atoms with van der Waals surface area (Å²) < 4.78 is 0. The van der Waals surface area contributed by atoms with Gasteiger partial charge in [0.2, 0.25) is 5.71 Å². The van der Waals surface area contributed by atoms with Crippen molar-refractivity contribution in [2.24, 2.45) is 21.2 Å². The van der Waals surface area contributed by atoms with Gasteiger partial charge in [-0.05, 0) is 5.22 Å². The summed E-state index contributed by atoms with van der Waals surface area (Å²) in [6, 6.07) is 0. The van der Waals surface area contributed by atoms with Crippen LogP contribution in [0.2, 0.25) is 0 Å². The van der Waals surface area contributed by atoms with E-state index in [1.807, 2.05) is 0 Å². The Morgan fingerprint density at radius 3 is 2.44 bits per heavy atom. The predicted molar refractivity (Wildman–Crippen MR) is 26.5 cm³/mol. The van der Waals surface area contributed by atoms with Gasteiger partial charge in [0.15, 0.2) is 0 Å². The molecule has 0 bridgehead atoms. The van der Waals surface area contributed by atoms with E-state index in [2.05, 4.69) is 21.2 Å². The Kier molecular flexibility index (Phi) is 1.07. The molecule has 46 valence electrons. The second kappa shape index (κ2) is 1.73. The van der Waals surface area contributed by atoms with E-state index in [1.165, 1.54) is 0 Å². The van der Waals surface area contributed by atoms with Crippen LogP contribution in [-0.2, 0) is 9.59 Å². The molecule has 0 aliphatic carbocycles. The Hall–Kier alpha value is -1.59. The van der Waals surface area contributed by atoms with Crippen LogP contribution in [0, 0.1) is 0 Å². The summed E-state index contributed by atoms with van der Waals surface area (Å²) in [5, 5.41) is 8.92. The number of carbonyl (C=O) groups excluding carboxylic acids is 2. The summed E-state index contributed by atoms with van der Waals surface area (Å²) in [6.45, 7) is 0. The average molecular weight is 126 g/mol. The van der Waals surface area contributed by atoms with Crippen molar-refractivity contribution in [3.8, 4) is 0 Å². The van der Waals surface area contributed by atoms with E-state index in [-0.39, 0.29) is 0 Å². The lowest BCUT2D eigenvalue weighted by Crippen LogP contribution is -2.27. The minimum Gasteiger partial charge on any atom is -0.364 e. The molecule has 0 fully saturated rings. The maximum Gasteiger partial charge on any atom is 0.323 e. The Balaban J connectivity index is 2.88. The maximum absolute atomic E-state index is 10.3. The molecule has 0 aromatic rings. The monoisotopic (exact) mass is 126 g/mol. The first-order valence-electron chi connectivity index (χ1n) is 2.04. The zero-order valence-corrected chi connectivity index (χ0v) is 4.24. The largest absolute Gasteiger partial charge is 0.364 e. The van der Waals surface area contributed by atoms with Crippen LogP contribution in [0.5, 0.6) is 0 Å². The molecule has 6 heteroatoms. The van der Waals surface area contributed by atoms with Crippen molar-refractivity contribution in [3.05, 3.63) is 0 Å². The van der Waals surface area contributed by atoms with E-state index < -0.39 is 17.5 Å². The fourth-order valence-electron chi connectivity index (χ4n) is 0.353. The number of carbonyl (C=O) groups is 2. The first kappa shape index (κ1) is 5.54. The predicted octanol–water partition coefficient (Wildman–Crippen LogP) is -1.18. The van der Waals surface area contributed by atoms with Crippen LogP contribution < -0.4 is 5.73 Å². The Morgan fingerprint density at radius 2 is 2.22 bits per heavy atom. The van der Waals surface area contributed by atoms with E-state index in [0.29, 0.717) is 0 Å². The molecule has 0 atom stereocenters. The number of hydrogen-bond donors (Lipinski definition) is 1. The number of nitrogens with two attached hydrogens (primary N) is 1. The highest BCUT2D eigenvalue weighted by Gasteiger charge is 2.20. The highest BCUT2D eigenvalue weighted by Crippen LogP contribution is 1.94. The minimum absolute atomic E-state index is 0.407. The molecular weight excluding hydrogens is 124 g/mol. The van der Waals surface area contributed by atoms with Gasteiger partial charge in [-0.3, -0.25) is 9.59 Å².